The van der Waals surface area contributed by atoms with E-state index in [9.17, 15) is 26.3 Å². The van der Waals surface area contributed by atoms with Gasteiger partial charge in [0.05, 0.1) is 21.6 Å². The maximum atomic E-state index is 13.1. The van der Waals surface area contributed by atoms with E-state index in [4.69, 9.17) is 0 Å². The minimum absolute atomic E-state index is 0. The third-order valence-electron chi connectivity index (χ3n) is 5.93. The van der Waals surface area contributed by atoms with E-state index in [-0.39, 0.29) is 22.9 Å². The summed E-state index contributed by atoms with van der Waals surface area (Å²) in [5.74, 6) is 0. The van der Waals surface area contributed by atoms with Gasteiger partial charge in [0, 0.05) is 11.1 Å². The van der Waals surface area contributed by atoms with Crippen LogP contribution in [0.25, 0.3) is 0 Å². The van der Waals surface area contributed by atoms with Gasteiger partial charge >= 0.3 is 12.4 Å². The van der Waals surface area contributed by atoms with E-state index in [2.05, 4.69) is 10.6 Å². The normalized spacial score (nSPS) is 14.6. The molecule has 2 unspecified atom stereocenters. The van der Waals surface area contributed by atoms with Crippen LogP contribution in [-0.2, 0) is 12.4 Å². The molecule has 38 heavy (non-hydrogen) atoms. The maximum absolute atomic E-state index is 13.1. The van der Waals surface area contributed by atoms with Crippen LogP contribution in [0.3, 0.4) is 0 Å². The molecule has 2 atom stereocenters. The number of likely N-dealkylation sites (N-methyl/N-ethyl adjacent to an activating group) is 2. The van der Waals surface area contributed by atoms with Gasteiger partial charge < -0.3 is 10.6 Å². The van der Waals surface area contributed by atoms with E-state index in [1.165, 1.54) is 55.7 Å². The molecule has 0 saturated carbocycles. The molecule has 0 bridgehead atoms. The number of nitrogens with one attached hydrogen (secondary N) is 2. The van der Waals surface area contributed by atoms with Crippen molar-refractivity contribution >= 4 is 43.8 Å². The molecule has 2 rings (SSSR count). The van der Waals surface area contributed by atoms with Gasteiger partial charge in [-0.25, -0.2) is 0 Å². The molecule has 2 aromatic carbocycles. The SMILES string of the molecule is CCNC(C)(C)C(SSSC(c1ccc(C(F)(F)F)cc1)C(C)(C)NCC)c1ccc(C(F)(F)F)cc1.Cl. The fraction of sp³-hybridized carbons (Fsp3) is 0.538. The minimum Gasteiger partial charge on any atom is -0.311 e. The smallest absolute Gasteiger partial charge is 0.311 e. The highest BCUT2D eigenvalue weighted by atomic mass is 35.5. The van der Waals surface area contributed by atoms with Crippen molar-refractivity contribution < 1.29 is 26.3 Å². The van der Waals surface area contributed by atoms with Gasteiger partial charge in [-0.1, -0.05) is 59.7 Å². The van der Waals surface area contributed by atoms with Crippen molar-refractivity contribution in [2.24, 2.45) is 0 Å². The highest BCUT2D eigenvalue weighted by Crippen LogP contribution is 2.55. The molecule has 216 valence electrons. The van der Waals surface area contributed by atoms with Crippen molar-refractivity contribution in [3.8, 4) is 0 Å². The monoisotopic (exact) mass is 620 g/mol. The summed E-state index contributed by atoms with van der Waals surface area (Å²) in [7, 11) is 4.55. The van der Waals surface area contributed by atoms with Crippen LogP contribution >= 0.6 is 43.8 Å². The van der Waals surface area contributed by atoms with Crippen LogP contribution in [0.4, 0.5) is 26.3 Å². The van der Waals surface area contributed by atoms with Gasteiger partial charge in [0.25, 0.3) is 0 Å². The Morgan fingerprint density at radius 1 is 0.605 bits per heavy atom. The molecule has 12 heteroatoms. The molecule has 0 radical (unpaired) electrons. The third-order valence-corrected chi connectivity index (χ3v) is 11.2. The summed E-state index contributed by atoms with van der Waals surface area (Å²) < 4.78 is 78.6. The van der Waals surface area contributed by atoms with Gasteiger partial charge in [0.2, 0.25) is 0 Å². The first-order chi connectivity index (χ1) is 17.0. The van der Waals surface area contributed by atoms with Gasteiger partial charge in [-0.05, 0) is 86.0 Å². The molecule has 0 fully saturated rings. The Balaban J connectivity index is 0.00000722. The second-order valence-electron chi connectivity index (χ2n) is 9.76. The van der Waals surface area contributed by atoms with Crippen LogP contribution in [0.5, 0.6) is 0 Å². The molecule has 2 nitrogen and oxygen atoms in total. The quantitative estimate of drug-likeness (QED) is 0.182. The lowest BCUT2D eigenvalue weighted by Crippen LogP contribution is -2.43. The average Bonchev–Trinajstić information content (AvgIpc) is 2.78. The summed E-state index contributed by atoms with van der Waals surface area (Å²) in [6.45, 7) is 13.3. The van der Waals surface area contributed by atoms with Gasteiger partial charge in [0.15, 0.2) is 0 Å². The van der Waals surface area contributed by atoms with Gasteiger partial charge in [-0.2, -0.15) is 26.3 Å². The lowest BCUT2D eigenvalue weighted by molar-refractivity contribution is -0.138. The van der Waals surface area contributed by atoms with Crippen LogP contribution < -0.4 is 10.6 Å². The summed E-state index contributed by atoms with van der Waals surface area (Å²) >= 11 is 0. The number of rotatable bonds is 12. The summed E-state index contributed by atoms with van der Waals surface area (Å²) in [5, 5.41) is 6.46. The van der Waals surface area contributed by atoms with Crippen molar-refractivity contribution in [1.82, 2.24) is 10.6 Å². The maximum Gasteiger partial charge on any atom is 0.416 e. The summed E-state index contributed by atoms with van der Waals surface area (Å²) in [6.07, 6.45) is -8.81. The first-order valence-corrected chi connectivity index (χ1v) is 15.5. The Kier molecular flexibility index (Phi) is 13.2. The number of halogens is 7. The number of alkyl halides is 6. The first-order valence-electron chi connectivity index (χ1n) is 11.9. The van der Waals surface area contributed by atoms with Crippen molar-refractivity contribution in [2.45, 2.75) is 75.5 Å². The van der Waals surface area contributed by atoms with E-state index >= 15 is 0 Å². The molecule has 0 aliphatic rings. The molecular formula is C26H35ClF6N2S3. The first kappa shape index (κ1) is 35.3. The second kappa shape index (κ2) is 14.3. The Hall–Kier alpha value is -0.720. The average molecular weight is 621 g/mol. The zero-order valence-electron chi connectivity index (χ0n) is 22.1. The predicted molar refractivity (Wildman–Crippen MR) is 154 cm³/mol. The van der Waals surface area contributed by atoms with Crippen molar-refractivity contribution in [1.29, 1.82) is 0 Å². The number of hydrogen-bond acceptors (Lipinski definition) is 5. The summed E-state index contributed by atoms with van der Waals surface area (Å²) in [4.78, 5) is 0. The van der Waals surface area contributed by atoms with Crippen LogP contribution in [-0.4, -0.2) is 24.2 Å². The van der Waals surface area contributed by atoms with E-state index in [0.29, 0.717) is 13.1 Å². The van der Waals surface area contributed by atoms with Crippen LogP contribution in [0.2, 0.25) is 0 Å². The topological polar surface area (TPSA) is 24.1 Å². The fourth-order valence-electron chi connectivity index (χ4n) is 4.08. The summed E-state index contributed by atoms with van der Waals surface area (Å²) in [5.41, 5.74) is -0.749. The van der Waals surface area contributed by atoms with Crippen LogP contribution in [0.1, 0.15) is 74.3 Å². The van der Waals surface area contributed by atoms with Crippen molar-refractivity contribution in [2.75, 3.05) is 13.1 Å². The predicted octanol–water partition coefficient (Wildman–Crippen LogP) is 9.73. The van der Waals surface area contributed by atoms with Gasteiger partial charge in [0.1, 0.15) is 0 Å². The second-order valence-corrected chi connectivity index (χ2v) is 14.0. The molecular weight excluding hydrogens is 586 g/mol. The van der Waals surface area contributed by atoms with E-state index in [1.54, 1.807) is 0 Å². The lowest BCUT2D eigenvalue weighted by Gasteiger charge is -2.37. The zero-order valence-corrected chi connectivity index (χ0v) is 25.4. The zero-order chi connectivity index (χ0) is 28.1. The molecule has 2 N–H and O–H groups in total. The highest BCUT2D eigenvalue weighted by Gasteiger charge is 2.36. The Bertz CT molecular complexity index is 901. The highest BCUT2D eigenvalue weighted by molar-refractivity contribution is 9.09. The van der Waals surface area contributed by atoms with Crippen LogP contribution in [0, 0.1) is 0 Å². The standard InChI is InChI=1S/C26H34F6N2S3.ClH/c1-7-33-23(3,4)21(17-9-13-19(14-10-17)25(27,28)29)35-37-36-22(24(5,6)34-8-2)18-11-15-20(16-12-18)26(30,31)32;/h9-16,21-22,33-34H,7-8H2,1-6H3;1H. The molecule has 0 saturated heterocycles. The summed E-state index contributed by atoms with van der Waals surface area (Å²) in [6, 6.07) is 10.5. The fourth-order valence-corrected chi connectivity index (χ4v) is 10.0. The largest absolute Gasteiger partial charge is 0.416 e. The Labute approximate surface area is 239 Å². The van der Waals surface area contributed by atoms with E-state index in [1.807, 2.05) is 41.5 Å². The van der Waals surface area contributed by atoms with Gasteiger partial charge in [-0.3, -0.25) is 0 Å². The molecule has 0 aromatic heterocycles. The van der Waals surface area contributed by atoms with E-state index in [0.717, 1.165) is 35.4 Å². The number of hydrogen-bond donors (Lipinski definition) is 2. The van der Waals surface area contributed by atoms with Crippen molar-refractivity contribution in [3.63, 3.8) is 0 Å². The lowest BCUT2D eigenvalue weighted by atomic mass is 9.93. The van der Waals surface area contributed by atoms with Crippen molar-refractivity contribution in [3.05, 3.63) is 70.8 Å². The Morgan fingerprint density at radius 2 is 0.895 bits per heavy atom. The molecule has 0 amide bonds. The van der Waals surface area contributed by atoms with Gasteiger partial charge in [-0.15, -0.1) is 12.4 Å². The molecule has 0 heterocycles. The van der Waals surface area contributed by atoms with Crippen LogP contribution in [0.15, 0.2) is 48.5 Å². The van der Waals surface area contributed by atoms with E-state index < -0.39 is 34.6 Å². The minimum atomic E-state index is -4.41. The molecule has 0 aliphatic carbocycles. The number of benzene rings is 2. The molecule has 0 spiro atoms. The Morgan fingerprint density at radius 3 is 1.13 bits per heavy atom. The third kappa shape index (κ3) is 9.73. The molecule has 2 aromatic rings. The molecule has 0 aliphatic heterocycles.